The number of anilines is 1. The summed E-state index contributed by atoms with van der Waals surface area (Å²) >= 11 is 7.23. The van der Waals surface area contributed by atoms with Gasteiger partial charge in [0.15, 0.2) is 0 Å². The summed E-state index contributed by atoms with van der Waals surface area (Å²) in [5.41, 5.74) is -0.455. The number of hydrogen-bond donors (Lipinski definition) is 1. The highest BCUT2D eigenvalue weighted by Gasteiger charge is 2.33. The number of pyridine rings is 1. The van der Waals surface area contributed by atoms with Crippen LogP contribution in [0.25, 0.3) is 0 Å². The number of hydrogen-bond acceptors (Lipinski definition) is 8. The van der Waals surface area contributed by atoms with Crippen molar-refractivity contribution in [2.75, 3.05) is 25.2 Å². The molecule has 0 radical (unpaired) electrons. The number of nitrogens with zero attached hydrogens (tertiary/aromatic N) is 3. The number of ether oxygens (including phenoxy) is 2. The van der Waals surface area contributed by atoms with Gasteiger partial charge in [0, 0.05) is 17.5 Å². The number of methoxy groups -OCH3 is 1. The molecule has 1 aromatic carbocycles. The van der Waals surface area contributed by atoms with E-state index in [1.165, 1.54) is 13.3 Å². The number of esters is 1. The van der Waals surface area contributed by atoms with E-state index in [2.05, 4.69) is 22.9 Å². The largest absolute Gasteiger partial charge is 0.477 e. The summed E-state index contributed by atoms with van der Waals surface area (Å²) in [7, 11) is 1.28. The molecule has 0 spiro atoms. The van der Waals surface area contributed by atoms with Gasteiger partial charge in [-0.2, -0.15) is 13.2 Å². The van der Waals surface area contributed by atoms with Gasteiger partial charge in [-0.05, 0) is 36.8 Å². The standard InChI is InChI=1S/C23H23ClF4N4O4S/c1-4-20(33)32(14(2)31(29)13-23(26,27)28)17-12-19(15(24)11-16(17)25)37-18-7-5-9-30-22(18)36-10-6-8-21(34)35-3/h4-5,7,9,11-12H,1-2,6,8,10,13,29H2,3H3. The first-order valence-electron chi connectivity index (χ1n) is 10.4. The summed E-state index contributed by atoms with van der Waals surface area (Å²) in [6.07, 6.45) is -1.96. The number of alkyl halides is 3. The summed E-state index contributed by atoms with van der Waals surface area (Å²) in [6.45, 7) is 5.23. The van der Waals surface area contributed by atoms with E-state index >= 15 is 0 Å². The van der Waals surface area contributed by atoms with Crippen LogP contribution in [0, 0.1) is 5.82 Å². The van der Waals surface area contributed by atoms with Crippen LogP contribution in [0.4, 0.5) is 23.2 Å². The first-order valence-corrected chi connectivity index (χ1v) is 11.6. The highest BCUT2D eigenvalue weighted by atomic mass is 35.5. The van der Waals surface area contributed by atoms with Gasteiger partial charge in [0.25, 0.3) is 5.91 Å². The molecule has 0 bridgehead atoms. The van der Waals surface area contributed by atoms with Gasteiger partial charge < -0.3 is 9.47 Å². The number of hydrazine groups is 1. The molecule has 1 aromatic heterocycles. The van der Waals surface area contributed by atoms with Crippen LogP contribution in [-0.2, 0) is 14.3 Å². The van der Waals surface area contributed by atoms with Crippen molar-refractivity contribution >= 4 is 40.9 Å². The monoisotopic (exact) mass is 562 g/mol. The van der Waals surface area contributed by atoms with Gasteiger partial charge >= 0.3 is 12.1 Å². The SMILES string of the molecule is C=CC(=O)N(C(=C)N(N)CC(F)(F)F)c1cc(Sc2cccnc2OCCCC(=O)OC)c(Cl)cc1F. The number of benzene rings is 1. The molecular weight excluding hydrogens is 540 g/mol. The van der Waals surface area contributed by atoms with Crippen LogP contribution < -0.4 is 15.5 Å². The Kier molecular flexibility index (Phi) is 10.8. The lowest BCUT2D eigenvalue weighted by molar-refractivity contribution is -0.143. The Morgan fingerprint density at radius 3 is 2.62 bits per heavy atom. The maximum Gasteiger partial charge on any atom is 0.407 e. The van der Waals surface area contributed by atoms with Crippen molar-refractivity contribution in [3.63, 3.8) is 0 Å². The molecule has 2 N–H and O–H groups in total. The third-order valence-corrected chi connectivity index (χ3v) is 6.04. The van der Waals surface area contributed by atoms with Crippen molar-refractivity contribution in [2.24, 2.45) is 5.84 Å². The first-order chi connectivity index (χ1) is 17.4. The third-order valence-electron chi connectivity index (χ3n) is 4.52. The maximum atomic E-state index is 14.9. The van der Waals surface area contributed by atoms with Crippen LogP contribution in [0.2, 0.25) is 5.02 Å². The molecule has 0 aliphatic heterocycles. The Labute approximate surface area is 219 Å². The minimum atomic E-state index is -4.71. The summed E-state index contributed by atoms with van der Waals surface area (Å²) in [5, 5.41) is 0.118. The van der Waals surface area contributed by atoms with Gasteiger partial charge in [0.05, 0.1) is 29.3 Å². The minimum absolute atomic E-state index is 0.0525. The summed E-state index contributed by atoms with van der Waals surface area (Å²) in [6, 6.07) is 5.31. The lowest BCUT2D eigenvalue weighted by Gasteiger charge is -2.31. The molecule has 14 heteroatoms. The normalized spacial score (nSPS) is 11.0. The Balaban J connectivity index is 2.37. The zero-order valence-corrected chi connectivity index (χ0v) is 21.1. The lowest BCUT2D eigenvalue weighted by Crippen LogP contribution is -2.46. The van der Waals surface area contributed by atoms with Crippen LogP contribution >= 0.6 is 23.4 Å². The van der Waals surface area contributed by atoms with Gasteiger partial charge in [-0.15, -0.1) is 0 Å². The molecule has 2 aromatic rings. The predicted molar refractivity (Wildman–Crippen MR) is 130 cm³/mol. The summed E-state index contributed by atoms with van der Waals surface area (Å²) in [5.74, 6) is 2.63. The fourth-order valence-electron chi connectivity index (χ4n) is 2.83. The van der Waals surface area contributed by atoms with Crippen LogP contribution in [0.1, 0.15) is 12.8 Å². The molecule has 0 aliphatic carbocycles. The molecule has 8 nitrogen and oxygen atoms in total. The van der Waals surface area contributed by atoms with E-state index in [1.54, 1.807) is 12.1 Å². The highest BCUT2D eigenvalue weighted by Crippen LogP contribution is 2.41. The number of carbonyl (C=O) groups excluding carboxylic acids is 2. The zero-order valence-electron chi connectivity index (χ0n) is 19.6. The summed E-state index contributed by atoms with van der Waals surface area (Å²) in [4.78, 5) is 29.2. The molecule has 200 valence electrons. The van der Waals surface area contributed by atoms with Gasteiger partial charge in [0.2, 0.25) is 5.88 Å². The van der Waals surface area contributed by atoms with E-state index in [1.807, 2.05) is 0 Å². The number of carbonyl (C=O) groups is 2. The van der Waals surface area contributed by atoms with Crippen molar-refractivity contribution < 1.29 is 36.6 Å². The number of rotatable bonds is 12. The van der Waals surface area contributed by atoms with E-state index in [4.69, 9.17) is 22.2 Å². The molecule has 2 rings (SSSR count). The molecular formula is C23H23ClF4N4O4S. The number of nitrogens with two attached hydrogens (primary N) is 1. The smallest absolute Gasteiger partial charge is 0.407 e. The van der Waals surface area contributed by atoms with Crippen LogP contribution in [0.5, 0.6) is 5.88 Å². The van der Waals surface area contributed by atoms with Crippen LogP contribution in [-0.4, -0.2) is 48.3 Å². The van der Waals surface area contributed by atoms with E-state index in [-0.39, 0.29) is 33.8 Å². The topological polar surface area (TPSA) is 98.0 Å². The third kappa shape index (κ3) is 8.65. The van der Waals surface area contributed by atoms with Gasteiger partial charge in [0.1, 0.15) is 18.2 Å². The highest BCUT2D eigenvalue weighted by molar-refractivity contribution is 7.99. The number of aromatic nitrogens is 1. The second-order valence-electron chi connectivity index (χ2n) is 7.21. The first kappa shape index (κ1) is 29.9. The average Bonchev–Trinajstić information content (AvgIpc) is 2.83. The Morgan fingerprint density at radius 1 is 1.30 bits per heavy atom. The number of amides is 1. The predicted octanol–water partition coefficient (Wildman–Crippen LogP) is 5.09. The zero-order chi connectivity index (χ0) is 27.8. The van der Waals surface area contributed by atoms with Crippen LogP contribution in [0.3, 0.4) is 0 Å². The minimum Gasteiger partial charge on any atom is -0.477 e. The molecule has 0 atom stereocenters. The Bertz CT molecular complexity index is 1170. The van der Waals surface area contributed by atoms with E-state index in [0.29, 0.717) is 16.2 Å². The average molecular weight is 563 g/mol. The van der Waals surface area contributed by atoms with Gasteiger partial charge in [-0.1, -0.05) is 36.5 Å². The second-order valence-corrected chi connectivity index (χ2v) is 8.70. The molecule has 1 amide bonds. The second kappa shape index (κ2) is 13.3. The number of halogens is 5. The molecule has 37 heavy (non-hydrogen) atoms. The molecule has 1 heterocycles. The van der Waals surface area contributed by atoms with Crippen molar-refractivity contribution in [3.05, 3.63) is 66.4 Å². The van der Waals surface area contributed by atoms with Crippen LogP contribution in [0.15, 0.2) is 65.3 Å². The van der Waals surface area contributed by atoms with E-state index < -0.39 is 41.9 Å². The molecule has 0 saturated heterocycles. The van der Waals surface area contributed by atoms with Crippen molar-refractivity contribution in [1.29, 1.82) is 0 Å². The molecule has 0 saturated carbocycles. The fraction of sp³-hybridized carbons (Fsp3) is 0.261. The lowest BCUT2D eigenvalue weighted by atomic mass is 10.2. The summed E-state index contributed by atoms with van der Waals surface area (Å²) < 4.78 is 63.7. The Hall–Kier alpha value is -3.29. The molecule has 0 aliphatic rings. The van der Waals surface area contributed by atoms with Crippen molar-refractivity contribution in [1.82, 2.24) is 9.99 Å². The van der Waals surface area contributed by atoms with E-state index in [0.717, 1.165) is 30.0 Å². The molecule has 0 unspecified atom stereocenters. The molecule has 0 fully saturated rings. The fourth-order valence-corrected chi connectivity index (χ4v) is 4.00. The van der Waals surface area contributed by atoms with Gasteiger partial charge in [-0.25, -0.2) is 15.2 Å². The van der Waals surface area contributed by atoms with Gasteiger partial charge in [-0.3, -0.25) is 19.5 Å². The van der Waals surface area contributed by atoms with Crippen molar-refractivity contribution in [3.8, 4) is 5.88 Å². The quantitative estimate of drug-likeness (QED) is 0.0954. The van der Waals surface area contributed by atoms with E-state index in [9.17, 15) is 27.2 Å². The van der Waals surface area contributed by atoms with Crippen molar-refractivity contribution in [2.45, 2.75) is 28.8 Å². The Morgan fingerprint density at radius 2 is 2.00 bits per heavy atom. The maximum absolute atomic E-state index is 14.9.